The minimum absolute atomic E-state index is 0.106. The van der Waals surface area contributed by atoms with Gasteiger partial charge in [0.15, 0.2) is 11.6 Å². The fourth-order valence-corrected chi connectivity index (χ4v) is 1.10. The van der Waals surface area contributed by atoms with E-state index in [1.54, 1.807) is 7.05 Å². The van der Waals surface area contributed by atoms with Crippen LogP contribution in [-0.4, -0.2) is 23.8 Å². The van der Waals surface area contributed by atoms with Crippen molar-refractivity contribution in [3.05, 3.63) is 29.6 Å². The number of aromatic hydroxyl groups is 1. The number of nitrogens with one attached hydrogen (secondary N) is 1. The molecule has 1 rings (SSSR count). The molecule has 0 saturated carbocycles. The smallest absolute Gasteiger partial charge is 0.170 e. The van der Waals surface area contributed by atoms with Crippen LogP contribution in [0.5, 0.6) is 5.75 Å². The Bertz CT molecular complexity index is 291. The molecule has 0 unspecified atom stereocenters. The molecule has 0 spiro atoms. The van der Waals surface area contributed by atoms with Crippen molar-refractivity contribution >= 4 is 0 Å². The van der Waals surface area contributed by atoms with Gasteiger partial charge in [-0.25, -0.2) is 4.39 Å². The van der Waals surface area contributed by atoms with E-state index in [2.05, 4.69) is 5.32 Å². The molecule has 0 fully saturated rings. The number of hydrogen-bond acceptors (Lipinski definition) is 3. The van der Waals surface area contributed by atoms with Gasteiger partial charge >= 0.3 is 0 Å². The third kappa shape index (κ3) is 2.17. The van der Waals surface area contributed by atoms with Gasteiger partial charge in [0.2, 0.25) is 0 Å². The minimum atomic E-state index is -0.933. The zero-order valence-corrected chi connectivity index (χ0v) is 7.29. The van der Waals surface area contributed by atoms with Gasteiger partial charge < -0.3 is 15.5 Å². The van der Waals surface area contributed by atoms with Gasteiger partial charge in [-0.1, -0.05) is 12.1 Å². The molecule has 0 amide bonds. The van der Waals surface area contributed by atoms with E-state index in [1.165, 1.54) is 18.2 Å². The second-order valence-corrected chi connectivity index (χ2v) is 2.75. The van der Waals surface area contributed by atoms with Crippen molar-refractivity contribution < 1.29 is 14.6 Å². The first kappa shape index (κ1) is 9.95. The Kier molecular flexibility index (Phi) is 3.22. The number of likely N-dealkylation sites (N-methyl/N-ethyl adjacent to an activating group) is 1. The molecule has 1 aromatic rings. The van der Waals surface area contributed by atoms with Gasteiger partial charge in [-0.15, -0.1) is 0 Å². The van der Waals surface area contributed by atoms with Crippen LogP contribution in [-0.2, 0) is 0 Å². The first-order valence-electron chi connectivity index (χ1n) is 3.97. The first-order chi connectivity index (χ1) is 6.16. The average Bonchev–Trinajstić information content (AvgIpc) is 2.10. The molecule has 0 heterocycles. The third-order valence-corrected chi connectivity index (χ3v) is 1.76. The summed E-state index contributed by atoms with van der Waals surface area (Å²) in [5, 5.41) is 21.1. The van der Waals surface area contributed by atoms with E-state index in [4.69, 9.17) is 5.11 Å². The molecule has 1 atom stereocenters. The summed E-state index contributed by atoms with van der Waals surface area (Å²) in [4.78, 5) is 0. The first-order valence-corrected chi connectivity index (χ1v) is 3.97. The molecule has 4 heteroatoms. The molecule has 3 N–H and O–H groups in total. The zero-order valence-electron chi connectivity index (χ0n) is 7.29. The number of aliphatic hydroxyl groups is 1. The maximum absolute atomic E-state index is 13.1. The summed E-state index contributed by atoms with van der Waals surface area (Å²) in [6.07, 6.45) is -0.933. The van der Waals surface area contributed by atoms with Gasteiger partial charge in [0.25, 0.3) is 0 Å². The third-order valence-electron chi connectivity index (χ3n) is 1.76. The predicted octanol–water partition coefficient (Wildman–Crippen LogP) is 0.784. The molecular formula is C9H12FNO2. The highest BCUT2D eigenvalue weighted by Crippen LogP contribution is 2.23. The van der Waals surface area contributed by atoms with Gasteiger partial charge in [0.1, 0.15) is 0 Å². The molecular weight excluding hydrogens is 173 g/mol. The van der Waals surface area contributed by atoms with Crippen LogP contribution in [0.1, 0.15) is 11.7 Å². The predicted molar refractivity (Wildman–Crippen MR) is 47.0 cm³/mol. The van der Waals surface area contributed by atoms with Gasteiger partial charge in [-0.2, -0.15) is 0 Å². The molecule has 0 saturated heterocycles. The second-order valence-electron chi connectivity index (χ2n) is 2.75. The van der Waals surface area contributed by atoms with Crippen LogP contribution in [0.15, 0.2) is 18.2 Å². The van der Waals surface area contributed by atoms with Crippen LogP contribution in [0.3, 0.4) is 0 Å². The lowest BCUT2D eigenvalue weighted by Crippen LogP contribution is -2.17. The minimum Gasteiger partial charge on any atom is -0.505 e. The number of phenolic OH excluding ortho intramolecular Hbond substituents is 1. The van der Waals surface area contributed by atoms with Crippen LogP contribution >= 0.6 is 0 Å². The van der Waals surface area contributed by atoms with Crippen LogP contribution in [0, 0.1) is 5.82 Å². The summed E-state index contributed by atoms with van der Waals surface area (Å²) in [6, 6.07) is 4.18. The molecule has 0 aliphatic rings. The van der Waals surface area contributed by atoms with Crippen molar-refractivity contribution in [1.29, 1.82) is 0 Å². The Morgan fingerprint density at radius 2 is 2.23 bits per heavy atom. The zero-order chi connectivity index (χ0) is 9.84. The highest BCUT2D eigenvalue weighted by Gasteiger charge is 2.13. The van der Waals surface area contributed by atoms with E-state index in [-0.39, 0.29) is 12.1 Å². The molecule has 0 radical (unpaired) electrons. The van der Waals surface area contributed by atoms with Gasteiger partial charge in [-0.3, -0.25) is 0 Å². The van der Waals surface area contributed by atoms with Crippen molar-refractivity contribution in [3.8, 4) is 5.75 Å². The van der Waals surface area contributed by atoms with Gasteiger partial charge in [0.05, 0.1) is 6.10 Å². The maximum Gasteiger partial charge on any atom is 0.170 e. The highest BCUT2D eigenvalue weighted by molar-refractivity contribution is 5.31. The number of phenols is 1. The monoisotopic (exact) mass is 185 g/mol. The standard InChI is InChI=1S/C9H12FNO2/c1-11-5-8(13)6-3-2-4-7(12)9(6)10/h2-4,8,11-13H,5H2,1H3/t8-/m0/s1. The lowest BCUT2D eigenvalue weighted by molar-refractivity contribution is 0.172. The fraction of sp³-hybridized carbons (Fsp3) is 0.333. The van der Waals surface area contributed by atoms with Gasteiger partial charge in [0, 0.05) is 12.1 Å². The fourth-order valence-electron chi connectivity index (χ4n) is 1.10. The van der Waals surface area contributed by atoms with Gasteiger partial charge in [-0.05, 0) is 13.1 Å². The second kappa shape index (κ2) is 4.20. The lowest BCUT2D eigenvalue weighted by atomic mass is 10.1. The Hall–Kier alpha value is -1.13. The topological polar surface area (TPSA) is 52.5 Å². The Morgan fingerprint density at radius 3 is 2.85 bits per heavy atom. The lowest BCUT2D eigenvalue weighted by Gasteiger charge is -2.11. The van der Waals surface area contributed by atoms with E-state index in [9.17, 15) is 9.50 Å². The summed E-state index contributed by atoms with van der Waals surface area (Å²) in [5.41, 5.74) is 0.106. The van der Waals surface area contributed by atoms with Crippen LogP contribution in [0.4, 0.5) is 4.39 Å². The Morgan fingerprint density at radius 1 is 1.54 bits per heavy atom. The van der Waals surface area contributed by atoms with E-state index in [1.807, 2.05) is 0 Å². The highest BCUT2D eigenvalue weighted by atomic mass is 19.1. The summed E-state index contributed by atoms with van der Waals surface area (Å²) < 4.78 is 13.1. The average molecular weight is 185 g/mol. The molecule has 13 heavy (non-hydrogen) atoms. The molecule has 3 nitrogen and oxygen atoms in total. The maximum atomic E-state index is 13.1. The van der Waals surface area contributed by atoms with E-state index in [0.29, 0.717) is 0 Å². The number of rotatable bonds is 3. The molecule has 0 aliphatic carbocycles. The van der Waals surface area contributed by atoms with Crippen molar-refractivity contribution in [2.75, 3.05) is 13.6 Å². The summed E-state index contributed by atoms with van der Waals surface area (Å²) in [5.74, 6) is -1.20. The Labute approximate surface area is 75.8 Å². The molecule has 0 aromatic heterocycles. The number of aliphatic hydroxyl groups excluding tert-OH is 1. The normalized spacial score (nSPS) is 12.8. The summed E-state index contributed by atoms with van der Waals surface area (Å²) >= 11 is 0. The van der Waals surface area contributed by atoms with Crippen LogP contribution in [0.2, 0.25) is 0 Å². The summed E-state index contributed by atoms with van der Waals surface area (Å²) in [7, 11) is 1.66. The number of benzene rings is 1. The molecule has 1 aromatic carbocycles. The molecule has 72 valence electrons. The SMILES string of the molecule is CNC[C@H](O)c1cccc(O)c1F. The van der Waals surface area contributed by atoms with E-state index >= 15 is 0 Å². The Balaban J connectivity index is 2.93. The largest absolute Gasteiger partial charge is 0.505 e. The van der Waals surface area contributed by atoms with E-state index in [0.717, 1.165) is 0 Å². The van der Waals surface area contributed by atoms with Crippen molar-refractivity contribution in [2.45, 2.75) is 6.10 Å². The van der Waals surface area contributed by atoms with Crippen molar-refractivity contribution in [3.63, 3.8) is 0 Å². The quantitative estimate of drug-likeness (QED) is 0.652. The van der Waals surface area contributed by atoms with Crippen LogP contribution < -0.4 is 5.32 Å². The molecule has 0 aliphatic heterocycles. The summed E-state index contributed by atoms with van der Waals surface area (Å²) in [6.45, 7) is 0.250. The number of hydrogen-bond donors (Lipinski definition) is 3. The van der Waals surface area contributed by atoms with E-state index < -0.39 is 17.7 Å². The van der Waals surface area contributed by atoms with Crippen molar-refractivity contribution in [2.24, 2.45) is 0 Å². The molecule has 0 bridgehead atoms. The van der Waals surface area contributed by atoms with Crippen molar-refractivity contribution in [1.82, 2.24) is 5.32 Å². The van der Waals surface area contributed by atoms with Crippen LogP contribution in [0.25, 0.3) is 0 Å². The number of halogens is 1.